The molecule has 0 amide bonds. The molecule has 0 aliphatic carbocycles. The van der Waals surface area contributed by atoms with E-state index in [1.165, 1.54) is 32.3 Å². The molecular formula is C18H11Cl2Si. The highest BCUT2D eigenvalue weighted by atomic mass is 35.7. The third-order valence-corrected chi connectivity index (χ3v) is 5.98. The van der Waals surface area contributed by atoms with Crippen molar-refractivity contribution in [3.63, 3.8) is 0 Å². The maximum Gasteiger partial charge on any atom is 0.307 e. The Labute approximate surface area is 133 Å². The zero-order chi connectivity index (χ0) is 14.4. The number of rotatable bonds is 1. The van der Waals surface area contributed by atoms with Gasteiger partial charge in [0, 0.05) is 0 Å². The van der Waals surface area contributed by atoms with Crippen LogP contribution in [0, 0.1) is 0 Å². The van der Waals surface area contributed by atoms with Crippen molar-refractivity contribution in [1.82, 2.24) is 0 Å². The highest BCUT2D eigenvalue weighted by Crippen LogP contribution is 2.29. The van der Waals surface area contributed by atoms with Crippen LogP contribution in [0.4, 0.5) is 0 Å². The third-order valence-electron chi connectivity index (χ3n) is 3.93. The summed E-state index contributed by atoms with van der Waals surface area (Å²) in [5.41, 5.74) is 0. The Morgan fingerprint density at radius 3 is 2.05 bits per heavy atom. The Morgan fingerprint density at radius 2 is 1.29 bits per heavy atom. The molecule has 0 bridgehead atoms. The first kappa shape index (κ1) is 13.1. The van der Waals surface area contributed by atoms with Crippen molar-refractivity contribution in [3.8, 4) is 0 Å². The fourth-order valence-electron chi connectivity index (χ4n) is 2.96. The van der Waals surface area contributed by atoms with E-state index in [2.05, 4.69) is 54.6 Å². The van der Waals surface area contributed by atoms with E-state index in [9.17, 15) is 0 Å². The van der Waals surface area contributed by atoms with E-state index in [1.54, 1.807) is 0 Å². The van der Waals surface area contributed by atoms with E-state index >= 15 is 0 Å². The van der Waals surface area contributed by atoms with Crippen LogP contribution in [0.25, 0.3) is 32.3 Å². The van der Waals surface area contributed by atoms with Gasteiger partial charge in [-0.2, -0.15) is 0 Å². The summed E-state index contributed by atoms with van der Waals surface area (Å²) in [7, 11) is -1.54. The number of halogens is 2. The SMILES string of the molecule is Cl[Si](Cl)c1cccc2ccc3cc4ccccc4cc3c12. The Hall–Kier alpha value is -1.54. The summed E-state index contributed by atoms with van der Waals surface area (Å²) in [6.07, 6.45) is 0. The molecule has 4 aromatic rings. The zero-order valence-corrected chi connectivity index (χ0v) is 13.6. The van der Waals surface area contributed by atoms with Crippen molar-refractivity contribution < 1.29 is 0 Å². The van der Waals surface area contributed by atoms with Gasteiger partial charge >= 0.3 is 7.42 Å². The van der Waals surface area contributed by atoms with Crippen LogP contribution < -0.4 is 5.19 Å². The predicted molar refractivity (Wildman–Crippen MR) is 96.1 cm³/mol. The van der Waals surface area contributed by atoms with Crippen LogP contribution in [-0.2, 0) is 0 Å². The molecule has 1 radical (unpaired) electrons. The summed E-state index contributed by atoms with van der Waals surface area (Å²) in [5, 5.41) is 8.41. The van der Waals surface area contributed by atoms with Gasteiger partial charge < -0.3 is 0 Å². The molecule has 0 spiro atoms. The van der Waals surface area contributed by atoms with Gasteiger partial charge in [0.1, 0.15) is 0 Å². The number of hydrogen-bond acceptors (Lipinski definition) is 0. The van der Waals surface area contributed by atoms with E-state index < -0.39 is 7.42 Å². The fourth-order valence-corrected chi connectivity index (χ4v) is 4.59. The lowest BCUT2D eigenvalue weighted by molar-refractivity contribution is 1.79. The average Bonchev–Trinajstić information content (AvgIpc) is 2.52. The number of benzene rings is 4. The molecular weight excluding hydrogens is 315 g/mol. The van der Waals surface area contributed by atoms with Crippen molar-refractivity contribution in [1.29, 1.82) is 0 Å². The van der Waals surface area contributed by atoms with E-state index in [0.29, 0.717) is 0 Å². The molecule has 4 rings (SSSR count). The summed E-state index contributed by atoms with van der Waals surface area (Å²) in [6, 6.07) is 23.4. The summed E-state index contributed by atoms with van der Waals surface area (Å²) in [4.78, 5) is 0. The van der Waals surface area contributed by atoms with Gasteiger partial charge in [0.05, 0.1) is 0 Å². The van der Waals surface area contributed by atoms with Gasteiger partial charge in [-0.25, -0.2) is 0 Å². The van der Waals surface area contributed by atoms with E-state index in [1.807, 2.05) is 12.1 Å². The first-order valence-corrected chi connectivity index (χ1v) is 10.3. The monoisotopic (exact) mass is 325 g/mol. The molecule has 0 atom stereocenters. The molecule has 3 heteroatoms. The number of hydrogen-bond donors (Lipinski definition) is 0. The van der Waals surface area contributed by atoms with Crippen molar-refractivity contribution in [2.24, 2.45) is 0 Å². The molecule has 0 aromatic heterocycles. The van der Waals surface area contributed by atoms with Gasteiger partial charge in [-0.15, -0.1) is 22.2 Å². The van der Waals surface area contributed by atoms with Crippen molar-refractivity contribution in [3.05, 3.63) is 66.7 Å². The largest absolute Gasteiger partial charge is 0.307 e. The summed E-state index contributed by atoms with van der Waals surface area (Å²) in [5.74, 6) is 0. The Morgan fingerprint density at radius 1 is 0.619 bits per heavy atom. The standard InChI is InChI=1S/C18H11Cl2Si/c19-21(20)17-7-3-6-12-8-9-15-10-13-4-1-2-5-14(13)11-16(15)18(12)17/h1-11H. The highest BCUT2D eigenvalue weighted by molar-refractivity contribution is 7.40. The van der Waals surface area contributed by atoms with Gasteiger partial charge in [0.15, 0.2) is 0 Å². The minimum atomic E-state index is -1.54. The Kier molecular flexibility index (Phi) is 3.14. The van der Waals surface area contributed by atoms with Gasteiger partial charge in [-0.05, 0) is 49.6 Å². The second kappa shape index (κ2) is 5.02. The molecule has 101 valence electrons. The minimum Gasteiger partial charge on any atom is -0.140 e. The molecule has 0 aliphatic heterocycles. The van der Waals surface area contributed by atoms with Crippen molar-refractivity contribution in [2.45, 2.75) is 0 Å². The maximum absolute atomic E-state index is 6.27. The molecule has 4 aromatic carbocycles. The van der Waals surface area contributed by atoms with Crippen LogP contribution in [0.1, 0.15) is 0 Å². The quantitative estimate of drug-likeness (QED) is 0.192. The van der Waals surface area contributed by atoms with E-state index in [0.717, 1.165) is 5.19 Å². The molecule has 0 saturated carbocycles. The van der Waals surface area contributed by atoms with Gasteiger partial charge in [-0.3, -0.25) is 0 Å². The van der Waals surface area contributed by atoms with Crippen LogP contribution in [-0.4, -0.2) is 7.42 Å². The van der Waals surface area contributed by atoms with Crippen LogP contribution in [0.5, 0.6) is 0 Å². The number of fused-ring (bicyclic) bond motifs is 4. The lowest BCUT2D eigenvalue weighted by atomic mass is 9.98. The van der Waals surface area contributed by atoms with Crippen LogP contribution in [0.15, 0.2) is 66.7 Å². The molecule has 21 heavy (non-hydrogen) atoms. The van der Waals surface area contributed by atoms with Crippen molar-refractivity contribution in [2.75, 3.05) is 0 Å². The maximum atomic E-state index is 6.27. The minimum absolute atomic E-state index is 1.07. The summed E-state index contributed by atoms with van der Waals surface area (Å²) < 4.78 is 0. The van der Waals surface area contributed by atoms with Crippen LogP contribution in [0.3, 0.4) is 0 Å². The summed E-state index contributed by atoms with van der Waals surface area (Å²) in [6.45, 7) is 0. The molecule has 0 unspecified atom stereocenters. The Bertz CT molecular complexity index is 976. The molecule has 0 N–H and O–H groups in total. The van der Waals surface area contributed by atoms with E-state index in [4.69, 9.17) is 22.2 Å². The van der Waals surface area contributed by atoms with Gasteiger partial charge in [0.2, 0.25) is 0 Å². The topological polar surface area (TPSA) is 0 Å². The molecule has 0 nitrogen and oxygen atoms in total. The second-order valence-electron chi connectivity index (χ2n) is 5.15. The van der Waals surface area contributed by atoms with Gasteiger partial charge in [0.25, 0.3) is 0 Å². The summed E-state index contributed by atoms with van der Waals surface area (Å²) >= 11 is 12.5. The molecule has 0 heterocycles. The molecule has 0 fully saturated rings. The highest BCUT2D eigenvalue weighted by Gasteiger charge is 2.14. The van der Waals surface area contributed by atoms with Crippen LogP contribution >= 0.6 is 22.2 Å². The first-order valence-electron chi connectivity index (χ1n) is 6.76. The lowest BCUT2D eigenvalue weighted by Gasteiger charge is -2.10. The molecule has 0 saturated heterocycles. The Balaban J connectivity index is 2.24. The molecule has 0 aliphatic rings. The van der Waals surface area contributed by atoms with Gasteiger partial charge in [-0.1, -0.05) is 54.6 Å². The predicted octanol–water partition coefficient (Wildman–Crippen LogP) is 5.32. The smallest absolute Gasteiger partial charge is 0.140 e. The average molecular weight is 326 g/mol. The van der Waals surface area contributed by atoms with E-state index in [-0.39, 0.29) is 0 Å². The van der Waals surface area contributed by atoms with Crippen LogP contribution in [0.2, 0.25) is 0 Å². The normalized spacial score (nSPS) is 11.8. The van der Waals surface area contributed by atoms with Crippen molar-refractivity contribution >= 4 is 67.1 Å². The third kappa shape index (κ3) is 2.13. The second-order valence-corrected chi connectivity index (χ2v) is 9.06. The lowest BCUT2D eigenvalue weighted by Crippen LogP contribution is -2.18. The fraction of sp³-hybridized carbons (Fsp3) is 0. The first-order chi connectivity index (χ1) is 10.2. The zero-order valence-electron chi connectivity index (χ0n) is 11.1.